The van der Waals surface area contributed by atoms with E-state index in [1.165, 1.54) is 11.4 Å². The molecular formula is C31H49FN4O7S. The van der Waals surface area contributed by atoms with Crippen molar-refractivity contribution in [3.63, 3.8) is 0 Å². The van der Waals surface area contributed by atoms with Crippen LogP contribution in [0.4, 0.5) is 9.18 Å². The quantitative estimate of drug-likeness (QED) is 0.291. The van der Waals surface area contributed by atoms with E-state index in [9.17, 15) is 18.0 Å². The van der Waals surface area contributed by atoms with E-state index in [2.05, 4.69) is 0 Å². The molecule has 3 rings (SSSR count). The lowest BCUT2D eigenvalue weighted by Gasteiger charge is -2.41. The van der Waals surface area contributed by atoms with Crippen molar-refractivity contribution in [2.45, 2.75) is 84.5 Å². The summed E-state index contributed by atoms with van der Waals surface area (Å²) in [5, 5.41) is 0.247. The number of benzene rings is 1. The molecule has 13 heteroatoms. The molecule has 1 saturated heterocycles. The normalized spacial score (nSPS) is 16.2. The van der Waals surface area contributed by atoms with Gasteiger partial charge in [-0.25, -0.2) is 21.9 Å². The number of sulfonamides is 1. The number of hydrogen-bond acceptors (Lipinski definition) is 7. The number of hydrogen-bond donors (Lipinski definition) is 0. The second kappa shape index (κ2) is 14.9. The first-order valence-corrected chi connectivity index (χ1v) is 17.1. The van der Waals surface area contributed by atoms with E-state index < -0.39 is 33.4 Å². The van der Waals surface area contributed by atoms with Crippen LogP contribution in [0.15, 0.2) is 18.2 Å². The smallest absolute Gasteiger partial charge is 0.410 e. The molecule has 2 aromatic rings. The Morgan fingerprint density at radius 1 is 1.16 bits per heavy atom. The molecule has 0 aliphatic carbocycles. The number of rotatable bonds is 13. The summed E-state index contributed by atoms with van der Waals surface area (Å²) in [5.41, 5.74) is -0.273. The Kier molecular flexibility index (Phi) is 12.1. The van der Waals surface area contributed by atoms with Gasteiger partial charge in [-0.3, -0.25) is 4.79 Å². The fourth-order valence-corrected chi connectivity index (χ4v) is 5.88. The summed E-state index contributed by atoms with van der Waals surface area (Å²) < 4.78 is 59.7. The lowest BCUT2D eigenvalue weighted by Crippen LogP contribution is -2.54. The lowest BCUT2D eigenvalue weighted by atomic mass is 10.0. The molecule has 2 amide bonds. The van der Waals surface area contributed by atoms with Crippen LogP contribution in [-0.4, -0.2) is 110 Å². The van der Waals surface area contributed by atoms with E-state index in [0.717, 1.165) is 6.26 Å². The zero-order valence-corrected chi connectivity index (χ0v) is 28.2. The highest BCUT2D eigenvalue weighted by Crippen LogP contribution is 2.34. The molecule has 0 bridgehead atoms. The van der Waals surface area contributed by atoms with Gasteiger partial charge in [0, 0.05) is 58.4 Å². The minimum absolute atomic E-state index is 0.0448. The number of unbranched alkanes of at least 4 members (excludes halogenated alkanes) is 1. The summed E-state index contributed by atoms with van der Waals surface area (Å²) in [6.07, 6.45) is 3.37. The van der Waals surface area contributed by atoms with Crippen LogP contribution in [0.5, 0.6) is 5.75 Å². The Labute approximate surface area is 261 Å². The van der Waals surface area contributed by atoms with Crippen LogP contribution in [0.3, 0.4) is 0 Å². The molecule has 0 unspecified atom stereocenters. The highest BCUT2D eigenvalue weighted by atomic mass is 32.2. The summed E-state index contributed by atoms with van der Waals surface area (Å²) in [6.45, 7) is 11.0. The standard InChI is InChI=1S/C31H49FN4O7S/c1-22(2)36(23-13-12-16-34(21-23)30(38)43-31(3,4)5)29(37)28-26(32)24-14-11-15-25(42-20-18-33(6)44(8,39)40)27(24)35(28)17-9-10-19-41-7/h11,14-15,22-23H,9-10,12-13,16-21H2,1-8H3/t23-/m1/s1. The number of likely N-dealkylation sites (tertiary alicyclic amines) is 1. The van der Waals surface area contributed by atoms with Crippen molar-refractivity contribution in [2.75, 3.05) is 53.3 Å². The molecule has 1 aliphatic rings. The molecule has 1 aromatic carbocycles. The number of amides is 2. The number of halogens is 1. The van der Waals surface area contributed by atoms with Crippen LogP contribution >= 0.6 is 0 Å². The molecule has 2 heterocycles. The molecular weight excluding hydrogens is 591 g/mol. The molecule has 1 aromatic heterocycles. The summed E-state index contributed by atoms with van der Waals surface area (Å²) in [6, 6.07) is 4.37. The Morgan fingerprint density at radius 3 is 2.48 bits per heavy atom. The van der Waals surface area contributed by atoms with Gasteiger partial charge in [0.15, 0.2) is 5.82 Å². The number of para-hydroxylation sites is 1. The van der Waals surface area contributed by atoms with Crippen molar-refractivity contribution in [1.82, 2.24) is 18.7 Å². The highest BCUT2D eigenvalue weighted by molar-refractivity contribution is 7.88. The number of aryl methyl sites for hydroxylation is 1. The number of carbonyl (C=O) groups excluding carboxylic acids is 2. The summed E-state index contributed by atoms with van der Waals surface area (Å²) in [5.74, 6) is -0.737. The van der Waals surface area contributed by atoms with Gasteiger partial charge in [-0.1, -0.05) is 6.07 Å². The molecule has 1 aliphatic heterocycles. The van der Waals surface area contributed by atoms with Crippen molar-refractivity contribution in [3.8, 4) is 5.75 Å². The molecule has 0 N–H and O–H groups in total. The first-order chi connectivity index (χ1) is 20.6. The fourth-order valence-electron chi connectivity index (χ4n) is 5.47. The summed E-state index contributed by atoms with van der Waals surface area (Å²) >= 11 is 0. The van der Waals surface area contributed by atoms with Crippen molar-refractivity contribution in [1.29, 1.82) is 0 Å². The minimum atomic E-state index is -3.39. The SMILES string of the molecule is COCCCCn1c(C(=O)N(C(C)C)[C@@H]2CCCN(C(=O)OC(C)(C)C)C2)c(F)c2cccc(OCCN(C)S(C)(=O)=O)c21. The molecule has 11 nitrogen and oxygen atoms in total. The van der Waals surface area contributed by atoms with E-state index >= 15 is 4.39 Å². The fraction of sp³-hybridized carbons (Fsp3) is 0.677. The minimum Gasteiger partial charge on any atom is -0.490 e. The second-order valence-electron chi connectivity index (χ2n) is 12.6. The van der Waals surface area contributed by atoms with Crippen LogP contribution in [-0.2, 0) is 26.0 Å². The highest BCUT2D eigenvalue weighted by Gasteiger charge is 2.37. The topological polar surface area (TPSA) is 111 Å². The van der Waals surface area contributed by atoms with Gasteiger partial charge >= 0.3 is 6.09 Å². The van der Waals surface area contributed by atoms with Crippen LogP contribution in [0, 0.1) is 5.82 Å². The Balaban J connectivity index is 2.01. The van der Waals surface area contributed by atoms with Crippen molar-refractivity contribution < 1.29 is 36.6 Å². The molecule has 248 valence electrons. The van der Waals surface area contributed by atoms with E-state index in [1.54, 1.807) is 39.7 Å². The number of carbonyl (C=O) groups is 2. The average Bonchev–Trinajstić information content (AvgIpc) is 3.21. The van der Waals surface area contributed by atoms with Crippen LogP contribution in [0.1, 0.15) is 70.8 Å². The third kappa shape index (κ3) is 8.85. The van der Waals surface area contributed by atoms with Gasteiger partial charge in [-0.05, 0) is 72.4 Å². The first-order valence-electron chi connectivity index (χ1n) is 15.2. The van der Waals surface area contributed by atoms with Crippen LogP contribution in [0.2, 0.25) is 0 Å². The maximum Gasteiger partial charge on any atom is 0.410 e. The van der Waals surface area contributed by atoms with Crippen LogP contribution < -0.4 is 4.74 Å². The molecule has 0 radical (unpaired) electrons. The number of nitrogens with zero attached hydrogens (tertiary/aromatic N) is 4. The molecule has 44 heavy (non-hydrogen) atoms. The van der Waals surface area contributed by atoms with Gasteiger partial charge in [0.25, 0.3) is 5.91 Å². The number of ether oxygens (including phenoxy) is 3. The van der Waals surface area contributed by atoms with Gasteiger partial charge in [0.1, 0.15) is 23.7 Å². The molecule has 1 atom stereocenters. The number of methoxy groups -OCH3 is 1. The van der Waals surface area contributed by atoms with E-state index in [-0.39, 0.29) is 42.9 Å². The van der Waals surface area contributed by atoms with E-state index in [4.69, 9.17) is 14.2 Å². The zero-order chi connectivity index (χ0) is 32.8. The molecule has 0 saturated carbocycles. The molecule has 1 fully saturated rings. The van der Waals surface area contributed by atoms with Crippen molar-refractivity contribution >= 4 is 32.9 Å². The first kappa shape index (κ1) is 35.6. The lowest BCUT2D eigenvalue weighted by molar-refractivity contribution is 0.00723. The average molecular weight is 641 g/mol. The summed E-state index contributed by atoms with van der Waals surface area (Å²) in [4.78, 5) is 30.6. The van der Waals surface area contributed by atoms with Gasteiger partial charge < -0.3 is 28.6 Å². The van der Waals surface area contributed by atoms with Crippen LogP contribution in [0.25, 0.3) is 10.9 Å². The number of piperidine rings is 1. The van der Waals surface area contributed by atoms with Gasteiger partial charge in [0.05, 0.1) is 17.8 Å². The Hall–Kier alpha value is -2.90. The third-order valence-electron chi connectivity index (χ3n) is 7.63. The maximum atomic E-state index is 16.4. The van der Waals surface area contributed by atoms with E-state index in [1.807, 2.05) is 34.6 Å². The summed E-state index contributed by atoms with van der Waals surface area (Å²) in [7, 11) is -0.315. The number of likely N-dealkylation sites (N-methyl/N-ethyl adjacent to an activating group) is 1. The van der Waals surface area contributed by atoms with Gasteiger partial charge in [-0.15, -0.1) is 0 Å². The second-order valence-corrected chi connectivity index (χ2v) is 14.7. The van der Waals surface area contributed by atoms with Gasteiger partial charge in [-0.2, -0.15) is 0 Å². The molecule has 0 spiro atoms. The third-order valence-corrected chi connectivity index (χ3v) is 8.94. The largest absolute Gasteiger partial charge is 0.490 e. The maximum absolute atomic E-state index is 16.4. The van der Waals surface area contributed by atoms with Crippen molar-refractivity contribution in [2.24, 2.45) is 0 Å². The predicted octanol–water partition coefficient (Wildman–Crippen LogP) is 4.73. The Morgan fingerprint density at radius 2 is 1.86 bits per heavy atom. The van der Waals surface area contributed by atoms with E-state index in [0.29, 0.717) is 56.6 Å². The zero-order valence-electron chi connectivity index (χ0n) is 27.4. The number of fused-ring (bicyclic) bond motifs is 1. The Bertz CT molecular complexity index is 1400. The predicted molar refractivity (Wildman–Crippen MR) is 168 cm³/mol. The van der Waals surface area contributed by atoms with Crippen molar-refractivity contribution in [3.05, 3.63) is 29.7 Å². The van der Waals surface area contributed by atoms with Gasteiger partial charge in [0.2, 0.25) is 10.0 Å². The number of aromatic nitrogens is 1. The monoisotopic (exact) mass is 640 g/mol.